The standard InChI is InChI=1S/C10H11BFO4/c1-2-15-10(13)6-7-3-4-8(12)9(5-7)16-11-14/h3-5,14H,2,6H2,1H3. The third-order valence-corrected chi connectivity index (χ3v) is 1.83. The van der Waals surface area contributed by atoms with Crippen LogP contribution in [0.2, 0.25) is 0 Å². The highest BCUT2D eigenvalue weighted by atomic mass is 19.1. The molecule has 0 unspecified atom stereocenters. The molecule has 0 fully saturated rings. The summed E-state index contributed by atoms with van der Waals surface area (Å²) in [5, 5.41) is 8.40. The molecule has 16 heavy (non-hydrogen) atoms. The molecular formula is C10H11BFO4. The van der Waals surface area contributed by atoms with Crippen LogP contribution < -0.4 is 4.65 Å². The molecule has 0 aliphatic rings. The summed E-state index contributed by atoms with van der Waals surface area (Å²) in [6.45, 7) is 2.01. The van der Waals surface area contributed by atoms with Gasteiger partial charge in [-0.05, 0) is 24.6 Å². The van der Waals surface area contributed by atoms with Crippen LogP contribution in [0.15, 0.2) is 18.2 Å². The maximum absolute atomic E-state index is 13.1. The molecule has 0 aliphatic carbocycles. The molecule has 0 bridgehead atoms. The SMILES string of the molecule is CCOC(=O)Cc1ccc(F)c(O[B]O)c1. The highest BCUT2D eigenvalue weighted by Crippen LogP contribution is 2.18. The normalized spacial score (nSPS) is 9.69. The number of rotatable bonds is 5. The minimum atomic E-state index is -0.613. The van der Waals surface area contributed by atoms with Gasteiger partial charge < -0.3 is 14.4 Å². The van der Waals surface area contributed by atoms with E-state index in [4.69, 9.17) is 9.76 Å². The van der Waals surface area contributed by atoms with Crippen LogP contribution in [0.25, 0.3) is 0 Å². The number of hydrogen-bond acceptors (Lipinski definition) is 4. The third kappa shape index (κ3) is 3.54. The minimum absolute atomic E-state index is 0.0376. The zero-order valence-electron chi connectivity index (χ0n) is 8.77. The third-order valence-electron chi connectivity index (χ3n) is 1.83. The number of hydrogen-bond donors (Lipinski definition) is 1. The van der Waals surface area contributed by atoms with Gasteiger partial charge in [-0.1, -0.05) is 6.07 Å². The van der Waals surface area contributed by atoms with Gasteiger partial charge in [0.25, 0.3) is 0 Å². The van der Waals surface area contributed by atoms with Crippen LogP contribution in [0, 0.1) is 5.82 Å². The summed E-state index contributed by atoms with van der Waals surface area (Å²) in [4.78, 5) is 11.2. The van der Waals surface area contributed by atoms with E-state index < -0.39 is 11.8 Å². The molecule has 0 atom stereocenters. The van der Waals surface area contributed by atoms with Gasteiger partial charge in [0, 0.05) is 0 Å². The summed E-state index contributed by atoms with van der Waals surface area (Å²) in [7, 11) is 0.382. The molecule has 0 aliphatic heterocycles. The van der Waals surface area contributed by atoms with Crippen molar-refractivity contribution in [1.82, 2.24) is 0 Å². The van der Waals surface area contributed by atoms with Crippen molar-refractivity contribution in [1.29, 1.82) is 0 Å². The molecule has 6 heteroatoms. The molecule has 85 valence electrons. The first-order chi connectivity index (χ1) is 7.67. The van der Waals surface area contributed by atoms with Gasteiger partial charge in [0.2, 0.25) is 0 Å². The van der Waals surface area contributed by atoms with E-state index in [0.29, 0.717) is 19.9 Å². The second kappa shape index (κ2) is 6.12. The molecule has 4 nitrogen and oxygen atoms in total. The molecule has 0 spiro atoms. The smallest absolute Gasteiger partial charge is 0.535 e. The number of benzene rings is 1. The van der Waals surface area contributed by atoms with E-state index in [1.807, 2.05) is 0 Å². The lowest BCUT2D eigenvalue weighted by molar-refractivity contribution is -0.142. The maximum atomic E-state index is 13.1. The van der Waals surface area contributed by atoms with Crippen LogP contribution in [0.4, 0.5) is 4.39 Å². The Morgan fingerprint density at radius 1 is 1.56 bits per heavy atom. The highest BCUT2D eigenvalue weighted by molar-refractivity contribution is 6.17. The van der Waals surface area contributed by atoms with Crippen LogP contribution in [0.3, 0.4) is 0 Å². The Kier molecular flexibility index (Phi) is 4.79. The molecular weight excluding hydrogens is 214 g/mol. The van der Waals surface area contributed by atoms with Crippen molar-refractivity contribution in [3.8, 4) is 5.75 Å². The Morgan fingerprint density at radius 3 is 2.94 bits per heavy atom. The van der Waals surface area contributed by atoms with Crippen LogP contribution in [-0.2, 0) is 16.0 Å². The van der Waals surface area contributed by atoms with Gasteiger partial charge in [0.1, 0.15) is 5.75 Å². The molecule has 1 radical (unpaired) electrons. The van der Waals surface area contributed by atoms with Gasteiger partial charge >= 0.3 is 13.7 Å². The van der Waals surface area contributed by atoms with Gasteiger partial charge in [0.15, 0.2) is 5.82 Å². The Hall–Kier alpha value is -1.56. The molecule has 1 aromatic carbocycles. The van der Waals surface area contributed by atoms with Crippen molar-refractivity contribution < 1.29 is 23.6 Å². The molecule has 0 heterocycles. The van der Waals surface area contributed by atoms with Crippen molar-refractivity contribution in [2.24, 2.45) is 0 Å². The van der Waals surface area contributed by atoms with Crippen molar-refractivity contribution >= 4 is 13.7 Å². The van der Waals surface area contributed by atoms with E-state index in [1.165, 1.54) is 12.1 Å². The Morgan fingerprint density at radius 2 is 2.31 bits per heavy atom. The Bertz CT molecular complexity index is 370. The van der Waals surface area contributed by atoms with Gasteiger partial charge in [-0.2, -0.15) is 0 Å². The van der Waals surface area contributed by atoms with Crippen LogP contribution in [0.5, 0.6) is 5.75 Å². The molecule has 1 rings (SSSR count). The summed E-state index contributed by atoms with van der Waals surface area (Å²) in [6.07, 6.45) is 0.0376. The first-order valence-corrected chi connectivity index (χ1v) is 4.74. The number of esters is 1. The van der Waals surface area contributed by atoms with Crippen LogP contribution in [0.1, 0.15) is 12.5 Å². The average molecular weight is 225 g/mol. The molecule has 1 aromatic rings. The second-order valence-electron chi connectivity index (χ2n) is 2.97. The van der Waals surface area contributed by atoms with Crippen LogP contribution in [-0.4, -0.2) is 25.3 Å². The van der Waals surface area contributed by atoms with E-state index in [2.05, 4.69) is 4.65 Å². The second-order valence-corrected chi connectivity index (χ2v) is 2.97. The summed E-state index contributed by atoms with van der Waals surface area (Å²) in [5.74, 6) is -1.14. The van der Waals surface area contributed by atoms with E-state index in [1.54, 1.807) is 6.92 Å². The molecule has 0 saturated heterocycles. The van der Waals surface area contributed by atoms with Gasteiger partial charge in [-0.15, -0.1) is 0 Å². The lowest BCUT2D eigenvalue weighted by Gasteiger charge is -2.06. The van der Waals surface area contributed by atoms with Crippen LogP contribution >= 0.6 is 0 Å². The zero-order chi connectivity index (χ0) is 12.0. The zero-order valence-corrected chi connectivity index (χ0v) is 8.77. The number of ether oxygens (including phenoxy) is 1. The van der Waals surface area contributed by atoms with Crippen molar-refractivity contribution in [2.75, 3.05) is 6.61 Å². The van der Waals surface area contributed by atoms with E-state index >= 15 is 0 Å². The summed E-state index contributed by atoms with van der Waals surface area (Å²) < 4.78 is 22.3. The highest BCUT2D eigenvalue weighted by Gasteiger charge is 2.09. The van der Waals surface area contributed by atoms with E-state index in [0.717, 1.165) is 6.07 Å². The Balaban J connectivity index is 2.74. The average Bonchev–Trinajstić information content (AvgIpc) is 2.24. The van der Waals surface area contributed by atoms with Gasteiger partial charge in [-0.25, -0.2) is 4.39 Å². The molecule has 0 aromatic heterocycles. The predicted octanol–water partition coefficient (Wildman–Crippen LogP) is 0.837. The van der Waals surface area contributed by atoms with E-state index in [9.17, 15) is 9.18 Å². The fourth-order valence-corrected chi connectivity index (χ4v) is 1.18. The molecule has 0 saturated carbocycles. The monoisotopic (exact) mass is 225 g/mol. The first-order valence-electron chi connectivity index (χ1n) is 4.74. The first kappa shape index (κ1) is 12.5. The van der Waals surface area contributed by atoms with Gasteiger partial charge in [0.05, 0.1) is 13.0 Å². The van der Waals surface area contributed by atoms with Crippen molar-refractivity contribution in [3.63, 3.8) is 0 Å². The fourth-order valence-electron chi connectivity index (χ4n) is 1.18. The maximum Gasteiger partial charge on any atom is 0.569 e. The van der Waals surface area contributed by atoms with Crippen molar-refractivity contribution in [2.45, 2.75) is 13.3 Å². The lowest BCUT2D eigenvalue weighted by Crippen LogP contribution is -2.08. The quantitative estimate of drug-likeness (QED) is 0.595. The number of carbonyl (C=O) groups is 1. The number of halogens is 1. The molecule has 1 N–H and O–H groups in total. The lowest BCUT2D eigenvalue weighted by atomic mass is 10.1. The van der Waals surface area contributed by atoms with Gasteiger partial charge in [-0.3, -0.25) is 4.79 Å². The summed E-state index contributed by atoms with van der Waals surface area (Å²) >= 11 is 0. The fraction of sp³-hybridized carbons (Fsp3) is 0.300. The summed E-state index contributed by atoms with van der Waals surface area (Å²) in [6, 6.07) is 3.95. The topological polar surface area (TPSA) is 55.8 Å². The van der Waals surface area contributed by atoms with Crippen molar-refractivity contribution in [3.05, 3.63) is 29.6 Å². The number of carbonyl (C=O) groups excluding carboxylic acids is 1. The molecule has 0 amide bonds. The minimum Gasteiger partial charge on any atom is -0.535 e. The predicted molar refractivity (Wildman–Crippen MR) is 55.3 cm³/mol. The van der Waals surface area contributed by atoms with E-state index in [-0.39, 0.29) is 12.2 Å². The Labute approximate surface area is 93.3 Å². The largest absolute Gasteiger partial charge is 0.569 e. The summed E-state index contributed by atoms with van der Waals surface area (Å²) in [5.41, 5.74) is 0.553.